The summed E-state index contributed by atoms with van der Waals surface area (Å²) in [6, 6.07) is 1.87. The van der Waals surface area contributed by atoms with Crippen LogP contribution in [0.5, 0.6) is 0 Å². The summed E-state index contributed by atoms with van der Waals surface area (Å²) in [4.78, 5) is 14.4. The molecule has 0 bridgehead atoms. The van der Waals surface area contributed by atoms with Crippen LogP contribution in [0, 0.1) is 0 Å². The summed E-state index contributed by atoms with van der Waals surface area (Å²) >= 11 is 0. The molecule has 19 heavy (non-hydrogen) atoms. The Labute approximate surface area is 113 Å². The molecule has 2 rings (SSSR count). The lowest BCUT2D eigenvalue weighted by molar-refractivity contribution is 0.0342. The van der Waals surface area contributed by atoms with Crippen LogP contribution in [0.2, 0.25) is 0 Å². The summed E-state index contributed by atoms with van der Waals surface area (Å²) in [5, 5.41) is 7.13. The monoisotopic (exact) mass is 266 g/mol. The Balaban J connectivity index is 1.84. The van der Waals surface area contributed by atoms with E-state index in [0.717, 1.165) is 32.8 Å². The first-order valence-corrected chi connectivity index (χ1v) is 6.83. The molecule has 1 fully saturated rings. The molecule has 1 atom stereocenters. The Morgan fingerprint density at radius 1 is 1.53 bits per heavy atom. The van der Waals surface area contributed by atoms with Crippen molar-refractivity contribution >= 4 is 5.91 Å². The highest BCUT2D eigenvalue weighted by atomic mass is 16.5. The first-order valence-electron chi connectivity index (χ1n) is 6.83. The number of carbonyl (C=O) groups is 1. The molecule has 0 saturated carbocycles. The number of aromatic nitrogens is 2. The van der Waals surface area contributed by atoms with Gasteiger partial charge in [0.05, 0.1) is 13.2 Å². The smallest absolute Gasteiger partial charge is 0.269 e. The van der Waals surface area contributed by atoms with Gasteiger partial charge in [0, 0.05) is 38.4 Å². The molecule has 1 aliphatic heterocycles. The maximum absolute atomic E-state index is 12.1. The van der Waals surface area contributed by atoms with E-state index < -0.39 is 0 Å². The number of nitrogens with one attached hydrogen (secondary N) is 1. The number of rotatable bonds is 5. The third-order valence-corrected chi connectivity index (χ3v) is 3.26. The molecule has 1 amide bonds. The Hall–Kier alpha value is -1.40. The number of hydrogen-bond donors (Lipinski definition) is 1. The van der Waals surface area contributed by atoms with Crippen molar-refractivity contribution < 1.29 is 9.53 Å². The fraction of sp³-hybridized carbons (Fsp3) is 0.692. The molecule has 1 aromatic heterocycles. The number of amides is 1. The molecule has 0 aromatic carbocycles. The van der Waals surface area contributed by atoms with E-state index in [1.54, 1.807) is 16.9 Å². The highest BCUT2D eigenvalue weighted by molar-refractivity contribution is 5.92. The molecule has 2 heterocycles. The Bertz CT molecular complexity index is 413. The van der Waals surface area contributed by atoms with E-state index in [1.165, 1.54) is 0 Å². The van der Waals surface area contributed by atoms with Gasteiger partial charge in [-0.15, -0.1) is 0 Å². The summed E-state index contributed by atoms with van der Waals surface area (Å²) in [5.41, 5.74) is 0.622. The van der Waals surface area contributed by atoms with Crippen LogP contribution in [0.1, 0.15) is 24.3 Å². The zero-order valence-electron chi connectivity index (χ0n) is 11.6. The molecule has 0 spiro atoms. The number of ether oxygens (including phenoxy) is 1. The average Bonchev–Trinajstić information content (AvgIpc) is 2.88. The van der Waals surface area contributed by atoms with E-state index >= 15 is 0 Å². The molecule has 6 heteroatoms. The van der Waals surface area contributed by atoms with Crippen LogP contribution in [0.4, 0.5) is 0 Å². The van der Waals surface area contributed by atoms with E-state index in [1.807, 2.05) is 13.8 Å². The van der Waals surface area contributed by atoms with Crippen LogP contribution in [-0.2, 0) is 11.3 Å². The minimum absolute atomic E-state index is 0.0555. The molecular weight excluding hydrogens is 244 g/mol. The van der Waals surface area contributed by atoms with Gasteiger partial charge in [-0.2, -0.15) is 5.10 Å². The van der Waals surface area contributed by atoms with E-state index in [-0.39, 0.29) is 11.9 Å². The normalized spacial score (nSPS) is 18.2. The van der Waals surface area contributed by atoms with Gasteiger partial charge in [-0.25, -0.2) is 0 Å². The van der Waals surface area contributed by atoms with Crippen molar-refractivity contribution in [2.45, 2.75) is 26.4 Å². The Kier molecular flexibility index (Phi) is 4.93. The molecule has 1 aliphatic rings. The van der Waals surface area contributed by atoms with Crippen LogP contribution in [0.25, 0.3) is 0 Å². The van der Waals surface area contributed by atoms with Gasteiger partial charge in [0.1, 0.15) is 5.69 Å². The Morgan fingerprint density at radius 3 is 2.95 bits per heavy atom. The second-order valence-corrected chi connectivity index (χ2v) is 4.82. The van der Waals surface area contributed by atoms with Crippen LogP contribution >= 0.6 is 0 Å². The van der Waals surface area contributed by atoms with Crippen molar-refractivity contribution in [3.05, 3.63) is 18.0 Å². The van der Waals surface area contributed by atoms with Crippen molar-refractivity contribution in [1.82, 2.24) is 20.0 Å². The predicted molar refractivity (Wildman–Crippen MR) is 72.1 cm³/mol. The molecule has 6 nitrogen and oxygen atoms in total. The molecule has 106 valence electrons. The summed E-state index contributed by atoms with van der Waals surface area (Å²) in [6.45, 7) is 9.00. The number of morpholine rings is 1. The standard InChI is InChI=1S/C13H22N4O2/c1-3-17-12(4-5-14-17)13(18)15-11(2)10-16-6-8-19-9-7-16/h4-5,11H,3,6-10H2,1-2H3,(H,15,18). The van der Waals surface area contributed by atoms with Crippen molar-refractivity contribution in [1.29, 1.82) is 0 Å². The van der Waals surface area contributed by atoms with Crippen molar-refractivity contribution in [2.24, 2.45) is 0 Å². The van der Waals surface area contributed by atoms with Gasteiger partial charge < -0.3 is 10.1 Å². The topological polar surface area (TPSA) is 59.4 Å². The maximum atomic E-state index is 12.1. The van der Waals surface area contributed by atoms with Gasteiger partial charge in [-0.3, -0.25) is 14.4 Å². The van der Waals surface area contributed by atoms with Gasteiger partial charge in [0.2, 0.25) is 0 Å². The zero-order chi connectivity index (χ0) is 13.7. The van der Waals surface area contributed by atoms with Crippen molar-refractivity contribution in [3.63, 3.8) is 0 Å². The summed E-state index contributed by atoms with van der Waals surface area (Å²) in [5.74, 6) is -0.0555. The zero-order valence-corrected chi connectivity index (χ0v) is 11.6. The second kappa shape index (κ2) is 6.68. The van der Waals surface area contributed by atoms with Crippen molar-refractivity contribution in [3.8, 4) is 0 Å². The van der Waals surface area contributed by atoms with Crippen LogP contribution in [0.3, 0.4) is 0 Å². The predicted octanol–water partition coefficient (Wildman–Crippen LogP) is 0.354. The second-order valence-electron chi connectivity index (χ2n) is 4.82. The van der Waals surface area contributed by atoms with Gasteiger partial charge in [-0.05, 0) is 19.9 Å². The molecule has 1 unspecified atom stereocenters. The molecule has 1 aromatic rings. The van der Waals surface area contributed by atoms with Crippen LogP contribution < -0.4 is 5.32 Å². The SMILES string of the molecule is CCn1nccc1C(=O)NC(C)CN1CCOCC1. The summed E-state index contributed by atoms with van der Waals surface area (Å²) in [7, 11) is 0. The fourth-order valence-corrected chi connectivity index (χ4v) is 2.29. The van der Waals surface area contributed by atoms with Crippen molar-refractivity contribution in [2.75, 3.05) is 32.8 Å². The lowest BCUT2D eigenvalue weighted by Gasteiger charge is -2.29. The quantitative estimate of drug-likeness (QED) is 0.835. The summed E-state index contributed by atoms with van der Waals surface area (Å²) < 4.78 is 7.02. The van der Waals surface area contributed by atoms with E-state index in [0.29, 0.717) is 12.2 Å². The molecule has 1 N–H and O–H groups in total. The Morgan fingerprint density at radius 2 is 2.26 bits per heavy atom. The van der Waals surface area contributed by atoms with Gasteiger partial charge >= 0.3 is 0 Å². The minimum atomic E-state index is -0.0555. The summed E-state index contributed by atoms with van der Waals surface area (Å²) in [6.07, 6.45) is 1.66. The number of hydrogen-bond acceptors (Lipinski definition) is 4. The maximum Gasteiger partial charge on any atom is 0.269 e. The largest absolute Gasteiger partial charge is 0.379 e. The van der Waals surface area contributed by atoms with E-state index in [9.17, 15) is 4.79 Å². The van der Waals surface area contributed by atoms with E-state index in [4.69, 9.17) is 4.74 Å². The molecule has 0 radical (unpaired) electrons. The first-order chi connectivity index (χ1) is 9.20. The van der Waals surface area contributed by atoms with Crippen LogP contribution in [-0.4, -0.2) is 59.5 Å². The third kappa shape index (κ3) is 3.78. The molecule has 0 aliphatic carbocycles. The third-order valence-electron chi connectivity index (χ3n) is 3.26. The number of carbonyl (C=O) groups excluding carboxylic acids is 1. The number of aryl methyl sites for hydroxylation is 1. The minimum Gasteiger partial charge on any atom is -0.379 e. The molecular formula is C13H22N4O2. The average molecular weight is 266 g/mol. The highest BCUT2D eigenvalue weighted by Crippen LogP contribution is 2.02. The van der Waals surface area contributed by atoms with Gasteiger partial charge in [0.25, 0.3) is 5.91 Å². The van der Waals surface area contributed by atoms with Gasteiger partial charge in [0.15, 0.2) is 0 Å². The molecule has 1 saturated heterocycles. The van der Waals surface area contributed by atoms with E-state index in [2.05, 4.69) is 15.3 Å². The highest BCUT2D eigenvalue weighted by Gasteiger charge is 2.17. The first kappa shape index (κ1) is 14.0. The van der Waals surface area contributed by atoms with Crippen LogP contribution in [0.15, 0.2) is 12.3 Å². The lowest BCUT2D eigenvalue weighted by atomic mass is 10.2. The van der Waals surface area contributed by atoms with Gasteiger partial charge in [-0.1, -0.05) is 0 Å². The lowest BCUT2D eigenvalue weighted by Crippen LogP contribution is -2.46. The number of nitrogens with zero attached hydrogens (tertiary/aromatic N) is 3. The fourth-order valence-electron chi connectivity index (χ4n) is 2.29.